The standard InChI is InChI=1S/C13H16BrN3O2/c14-11-4-3-9(15)7-10(11)13(19)17-6-5-16-12(18)8-1-2-8/h3-4,7-8H,1-2,5-6,15H2,(H,16,18)(H,17,19). The average molecular weight is 326 g/mol. The second-order valence-corrected chi connectivity index (χ2v) is 5.41. The van der Waals surface area contributed by atoms with E-state index in [-0.39, 0.29) is 17.7 Å². The Hall–Kier alpha value is -1.56. The number of amides is 2. The van der Waals surface area contributed by atoms with Crippen molar-refractivity contribution in [2.75, 3.05) is 18.8 Å². The van der Waals surface area contributed by atoms with Crippen molar-refractivity contribution in [2.24, 2.45) is 5.92 Å². The fourth-order valence-corrected chi connectivity index (χ4v) is 2.09. The zero-order valence-corrected chi connectivity index (χ0v) is 12.0. The molecule has 1 fully saturated rings. The third-order valence-electron chi connectivity index (χ3n) is 2.89. The molecule has 0 radical (unpaired) electrons. The van der Waals surface area contributed by atoms with E-state index in [9.17, 15) is 9.59 Å². The maximum absolute atomic E-state index is 11.9. The number of rotatable bonds is 5. The summed E-state index contributed by atoms with van der Waals surface area (Å²) in [6, 6.07) is 5.07. The van der Waals surface area contributed by atoms with Crippen LogP contribution in [0.4, 0.5) is 5.69 Å². The summed E-state index contributed by atoms with van der Waals surface area (Å²) < 4.78 is 0.696. The van der Waals surface area contributed by atoms with E-state index in [1.54, 1.807) is 18.2 Å². The summed E-state index contributed by atoms with van der Waals surface area (Å²) >= 11 is 3.30. The van der Waals surface area contributed by atoms with Gasteiger partial charge in [0.15, 0.2) is 0 Å². The molecular weight excluding hydrogens is 310 g/mol. The minimum absolute atomic E-state index is 0.0828. The molecule has 0 saturated heterocycles. The van der Waals surface area contributed by atoms with Gasteiger partial charge < -0.3 is 16.4 Å². The van der Waals surface area contributed by atoms with Crippen LogP contribution in [-0.4, -0.2) is 24.9 Å². The summed E-state index contributed by atoms with van der Waals surface area (Å²) in [7, 11) is 0. The fraction of sp³-hybridized carbons (Fsp3) is 0.385. The highest BCUT2D eigenvalue weighted by atomic mass is 79.9. The second kappa shape index (κ2) is 6.06. The lowest BCUT2D eigenvalue weighted by Crippen LogP contribution is -2.35. The van der Waals surface area contributed by atoms with Crippen LogP contribution in [-0.2, 0) is 4.79 Å². The number of halogens is 1. The minimum atomic E-state index is -0.208. The van der Waals surface area contributed by atoms with Crippen molar-refractivity contribution < 1.29 is 9.59 Å². The Morgan fingerprint density at radius 2 is 1.95 bits per heavy atom. The van der Waals surface area contributed by atoms with E-state index in [1.165, 1.54) is 0 Å². The Labute approximate surface area is 120 Å². The molecule has 2 rings (SSSR count). The second-order valence-electron chi connectivity index (χ2n) is 4.56. The van der Waals surface area contributed by atoms with Gasteiger partial charge in [0.05, 0.1) is 5.56 Å². The zero-order chi connectivity index (χ0) is 13.8. The third-order valence-corrected chi connectivity index (χ3v) is 3.58. The first kappa shape index (κ1) is 13.9. The van der Waals surface area contributed by atoms with Gasteiger partial charge in [-0.15, -0.1) is 0 Å². The van der Waals surface area contributed by atoms with Crippen molar-refractivity contribution in [3.05, 3.63) is 28.2 Å². The monoisotopic (exact) mass is 325 g/mol. The highest BCUT2D eigenvalue weighted by Gasteiger charge is 2.28. The molecule has 0 heterocycles. The average Bonchev–Trinajstić information content (AvgIpc) is 3.21. The molecule has 1 aliphatic carbocycles. The number of anilines is 1. The number of hydrogen-bond acceptors (Lipinski definition) is 3. The molecule has 4 N–H and O–H groups in total. The van der Waals surface area contributed by atoms with Crippen molar-refractivity contribution >= 4 is 33.4 Å². The Kier molecular flexibility index (Phi) is 4.42. The highest BCUT2D eigenvalue weighted by molar-refractivity contribution is 9.10. The molecule has 19 heavy (non-hydrogen) atoms. The fourth-order valence-electron chi connectivity index (χ4n) is 1.66. The van der Waals surface area contributed by atoms with E-state index >= 15 is 0 Å². The Morgan fingerprint density at radius 1 is 1.26 bits per heavy atom. The van der Waals surface area contributed by atoms with Gasteiger partial charge in [-0.3, -0.25) is 9.59 Å². The van der Waals surface area contributed by atoms with Gasteiger partial charge in [0.25, 0.3) is 5.91 Å². The quantitative estimate of drug-likeness (QED) is 0.563. The van der Waals surface area contributed by atoms with E-state index in [1.807, 2.05) is 0 Å². The van der Waals surface area contributed by atoms with Crippen LogP contribution in [0.15, 0.2) is 22.7 Å². The van der Waals surface area contributed by atoms with Crippen LogP contribution >= 0.6 is 15.9 Å². The summed E-state index contributed by atoms with van der Waals surface area (Å²) in [6.45, 7) is 0.847. The van der Waals surface area contributed by atoms with Crippen molar-refractivity contribution in [3.8, 4) is 0 Å². The molecule has 2 amide bonds. The molecule has 0 aromatic heterocycles. The van der Waals surface area contributed by atoms with E-state index in [0.29, 0.717) is 28.8 Å². The topological polar surface area (TPSA) is 84.2 Å². The van der Waals surface area contributed by atoms with Gasteiger partial charge in [-0.1, -0.05) is 0 Å². The molecule has 0 bridgehead atoms. The van der Waals surface area contributed by atoms with Crippen molar-refractivity contribution in [1.29, 1.82) is 0 Å². The minimum Gasteiger partial charge on any atom is -0.399 e. The molecule has 1 saturated carbocycles. The zero-order valence-electron chi connectivity index (χ0n) is 10.4. The number of benzene rings is 1. The van der Waals surface area contributed by atoms with Crippen LogP contribution in [0, 0.1) is 5.92 Å². The smallest absolute Gasteiger partial charge is 0.252 e. The summed E-state index contributed by atoms with van der Waals surface area (Å²) in [5.74, 6) is 0.0676. The van der Waals surface area contributed by atoms with Gasteiger partial charge in [-0.25, -0.2) is 0 Å². The van der Waals surface area contributed by atoms with Gasteiger partial charge in [0.1, 0.15) is 0 Å². The van der Waals surface area contributed by atoms with Gasteiger partial charge >= 0.3 is 0 Å². The molecule has 5 nitrogen and oxygen atoms in total. The van der Waals surface area contributed by atoms with Crippen LogP contribution in [0.2, 0.25) is 0 Å². The van der Waals surface area contributed by atoms with Crippen LogP contribution in [0.1, 0.15) is 23.2 Å². The number of carbonyl (C=O) groups is 2. The molecule has 0 aliphatic heterocycles. The molecular formula is C13H16BrN3O2. The van der Waals surface area contributed by atoms with Gasteiger partial charge in [0, 0.05) is 29.2 Å². The lowest BCUT2D eigenvalue weighted by Gasteiger charge is -2.08. The van der Waals surface area contributed by atoms with Crippen molar-refractivity contribution in [1.82, 2.24) is 10.6 Å². The molecule has 0 atom stereocenters. The lowest BCUT2D eigenvalue weighted by atomic mass is 10.2. The van der Waals surface area contributed by atoms with Crippen molar-refractivity contribution in [2.45, 2.75) is 12.8 Å². The number of nitrogens with one attached hydrogen (secondary N) is 2. The van der Waals surface area contributed by atoms with Crippen LogP contribution in [0.25, 0.3) is 0 Å². The first-order valence-corrected chi connectivity index (χ1v) is 6.98. The summed E-state index contributed by atoms with van der Waals surface area (Å²) in [4.78, 5) is 23.3. The van der Waals surface area contributed by atoms with Gasteiger partial charge in [-0.2, -0.15) is 0 Å². The lowest BCUT2D eigenvalue weighted by molar-refractivity contribution is -0.122. The van der Waals surface area contributed by atoms with E-state index in [0.717, 1.165) is 12.8 Å². The first-order valence-electron chi connectivity index (χ1n) is 6.19. The molecule has 6 heteroatoms. The number of nitrogen functional groups attached to an aromatic ring is 1. The van der Waals surface area contributed by atoms with Crippen LogP contribution in [0.5, 0.6) is 0 Å². The van der Waals surface area contributed by atoms with E-state index in [4.69, 9.17) is 5.73 Å². The first-order chi connectivity index (χ1) is 9.08. The van der Waals surface area contributed by atoms with E-state index < -0.39 is 0 Å². The summed E-state index contributed by atoms with van der Waals surface area (Å²) in [5.41, 5.74) is 6.67. The predicted octanol–water partition coefficient (Wildman–Crippen LogP) is 1.29. The van der Waals surface area contributed by atoms with Gasteiger partial charge in [0.2, 0.25) is 5.91 Å². The number of carbonyl (C=O) groups excluding carboxylic acids is 2. The Balaban J connectivity index is 1.77. The SMILES string of the molecule is Nc1ccc(Br)c(C(=O)NCCNC(=O)C2CC2)c1. The molecule has 1 aromatic carbocycles. The largest absolute Gasteiger partial charge is 0.399 e. The summed E-state index contributed by atoms with van der Waals surface area (Å²) in [6.07, 6.45) is 1.96. The third kappa shape index (κ3) is 3.96. The van der Waals surface area contributed by atoms with Gasteiger partial charge in [-0.05, 0) is 47.0 Å². The van der Waals surface area contributed by atoms with Crippen LogP contribution in [0.3, 0.4) is 0 Å². The normalized spacial score (nSPS) is 13.9. The Morgan fingerprint density at radius 3 is 2.63 bits per heavy atom. The molecule has 1 aromatic rings. The molecule has 1 aliphatic rings. The molecule has 0 spiro atoms. The predicted molar refractivity (Wildman–Crippen MR) is 76.6 cm³/mol. The Bertz CT molecular complexity index is 501. The maximum Gasteiger partial charge on any atom is 0.252 e. The number of nitrogens with two attached hydrogens (primary N) is 1. The van der Waals surface area contributed by atoms with E-state index in [2.05, 4.69) is 26.6 Å². The molecule has 102 valence electrons. The maximum atomic E-state index is 11.9. The summed E-state index contributed by atoms with van der Waals surface area (Å²) in [5, 5.41) is 5.53. The highest BCUT2D eigenvalue weighted by Crippen LogP contribution is 2.28. The number of hydrogen-bond donors (Lipinski definition) is 3. The van der Waals surface area contributed by atoms with Crippen molar-refractivity contribution in [3.63, 3.8) is 0 Å². The van der Waals surface area contributed by atoms with Crippen LogP contribution < -0.4 is 16.4 Å². The molecule has 0 unspecified atom stereocenters.